The Morgan fingerprint density at radius 3 is 2.92 bits per heavy atom. The molecule has 1 aromatic heterocycles. The molecule has 1 aliphatic carbocycles. The lowest BCUT2D eigenvalue weighted by atomic mass is 10.2. The quantitative estimate of drug-likeness (QED) is 0.723. The van der Waals surface area contributed by atoms with Crippen molar-refractivity contribution in [3.8, 4) is 0 Å². The molecule has 3 heteroatoms. The first-order valence-corrected chi connectivity index (χ1v) is 4.55. The third kappa shape index (κ3) is 1.00. The van der Waals surface area contributed by atoms with Crippen molar-refractivity contribution in [2.45, 2.75) is 32.7 Å². The van der Waals surface area contributed by atoms with Crippen LogP contribution in [0.4, 0.5) is 5.95 Å². The number of rotatable bonds is 2. The molecule has 0 aliphatic heterocycles. The SMILES string of the molecule is CCn1c(C2CC2C)cnc1N. The van der Waals surface area contributed by atoms with Gasteiger partial charge in [0.2, 0.25) is 0 Å². The molecule has 66 valence electrons. The van der Waals surface area contributed by atoms with Crippen molar-refractivity contribution >= 4 is 5.95 Å². The van der Waals surface area contributed by atoms with Gasteiger partial charge in [0, 0.05) is 18.2 Å². The van der Waals surface area contributed by atoms with Crippen LogP contribution in [0.25, 0.3) is 0 Å². The molecular weight excluding hydrogens is 150 g/mol. The molecule has 1 saturated carbocycles. The molecule has 2 atom stereocenters. The maximum Gasteiger partial charge on any atom is 0.200 e. The summed E-state index contributed by atoms with van der Waals surface area (Å²) in [4.78, 5) is 4.12. The molecule has 0 radical (unpaired) electrons. The van der Waals surface area contributed by atoms with Gasteiger partial charge in [-0.3, -0.25) is 0 Å². The molecule has 1 heterocycles. The molecule has 3 nitrogen and oxygen atoms in total. The zero-order chi connectivity index (χ0) is 8.72. The van der Waals surface area contributed by atoms with E-state index in [4.69, 9.17) is 5.73 Å². The highest BCUT2D eigenvalue weighted by Crippen LogP contribution is 2.47. The van der Waals surface area contributed by atoms with E-state index in [1.165, 1.54) is 12.1 Å². The summed E-state index contributed by atoms with van der Waals surface area (Å²) in [7, 11) is 0. The van der Waals surface area contributed by atoms with Crippen molar-refractivity contribution in [3.05, 3.63) is 11.9 Å². The Kier molecular flexibility index (Phi) is 1.60. The van der Waals surface area contributed by atoms with Crippen LogP contribution in [0, 0.1) is 5.92 Å². The van der Waals surface area contributed by atoms with Crippen molar-refractivity contribution in [1.82, 2.24) is 9.55 Å². The van der Waals surface area contributed by atoms with Gasteiger partial charge in [0.15, 0.2) is 5.95 Å². The average molecular weight is 165 g/mol. The van der Waals surface area contributed by atoms with Gasteiger partial charge >= 0.3 is 0 Å². The maximum atomic E-state index is 5.71. The number of imidazole rings is 1. The molecule has 0 bridgehead atoms. The summed E-state index contributed by atoms with van der Waals surface area (Å²) in [6.07, 6.45) is 3.22. The van der Waals surface area contributed by atoms with Gasteiger partial charge in [-0.2, -0.15) is 0 Å². The third-order valence-corrected chi connectivity index (χ3v) is 2.72. The van der Waals surface area contributed by atoms with E-state index >= 15 is 0 Å². The molecular formula is C9H15N3. The Balaban J connectivity index is 2.31. The van der Waals surface area contributed by atoms with E-state index in [9.17, 15) is 0 Å². The third-order valence-electron chi connectivity index (χ3n) is 2.72. The molecule has 2 N–H and O–H groups in total. The summed E-state index contributed by atoms with van der Waals surface area (Å²) in [5.41, 5.74) is 7.04. The van der Waals surface area contributed by atoms with Gasteiger partial charge < -0.3 is 10.3 Å². The largest absolute Gasteiger partial charge is 0.369 e. The lowest BCUT2D eigenvalue weighted by Crippen LogP contribution is -2.04. The molecule has 1 aliphatic rings. The Morgan fingerprint density at radius 2 is 2.42 bits per heavy atom. The topological polar surface area (TPSA) is 43.8 Å². The van der Waals surface area contributed by atoms with E-state index in [2.05, 4.69) is 23.4 Å². The summed E-state index contributed by atoms with van der Waals surface area (Å²) in [5.74, 6) is 2.20. The van der Waals surface area contributed by atoms with Gasteiger partial charge in [-0.15, -0.1) is 0 Å². The van der Waals surface area contributed by atoms with E-state index in [0.29, 0.717) is 5.95 Å². The minimum Gasteiger partial charge on any atom is -0.369 e. The van der Waals surface area contributed by atoms with Gasteiger partial charge in [-0.25, -0.2) is 4.98 Å². The van der Waals surface area contributed by atoms with Crippen molar-refractivity contribution in [1.29, 1.82) is 0 Å². The fourth-order valence-electron chi connectivity index (χ4n) is 1.78. The van der Waals surface area contributed by atoms with Crippen LogP contribution in [0.5, 0.6) is 0 Å². The fourth-order valence-corrected chi connectivity index (χ4v) is 1.78. The van der Waals surface area contributed by atoms with Crippen LogP contribution < -0.4 is 5.73 Å². The molecule has 1 fully saturated rings. The minimum absolute atomic E-state index is 0.659. The van der Waals surface area contributed by atoms with Crippen molar-refractivity contribution in [3.63, 3.8) is 0 Å². The molecule has 0 saturated heterocycles. The molecule has 0 spiro atoms. The number of hydrogen-bond donors (Lipinski definition) is 1. The lowest BCUT2D eigenvalue weighted by Gasteiger charge is -2.04. The molecule has 2 rings (SSSR count). The summed E-state index contributed by atoms with van der Waals surface area (Å²) >= 11 is 0. The molecule has 2 unspecified atom stereocenters. The van der Waals surface area contributed by atoms with Gasteiger partial charge in [0.1, 0.15) is 0 Å². The number of nitrogens with two attached hydrogens (primary N) is 1. The second kappa shape index (κ2) is 2.51. The summed E-state index contributed by atoms with van der Waals surface area (Å²) in [6.45, 7) is 5.31. The predicted octanol–water partition coefficient (Wildman–Crippen LogP) is 1.61. The number of hydrogen-bond acceptors (Lipinski definition) is 2. The maximum absolute atomic E-state index is 5.71. The molecule has 1 aromatic rings. The first-order valence-electron chi connectivity index (χ1n) is 4.55. The van der Waals surface area contributed by atoms with Crippen LogP contribution in [0.15, 0.2) is 6.20 Å². The number of aromatic nitrogens is 2. The van der Waals surface area contributed by atoms with Crippen LogP contribution in [0.1, 0.15) is 31.9 Å². The van der Waals surface area contributed by atoms with Crippen molar-refractivity contribution in [2.75, 3.05) is 5.73 Å². The zero-order valence-electron chi connectivity index (χ0n) is 7.62. The Bertz CT molecular complexity index is 290. The van der Waals surface area contributed by atoms with E-state index in [1.807, 2.05) is 6.20 Å². The summed E-state index contributed by atoms with van der Waals surface area (Å²) in [6, 6.07) is 0. The van der Waals surface area contributed by atoms with Crippen molar-refractivity contribution in [2.24, 2.45) is 5.92 Å². The average Bonchev–Trinajstić information content (AvgIpc) is 2.63. The monoisotopic (exact) mass is 165 g/mol. The fraction of sp³-hybridized carbons (Fsp3) is 0.667. The van der Waals surface area contributed by atoms with Gasteiger partial charge in [-0.1, -0.05) is 6.92 Å². The second-order valence-electron chi connectivity index (χ2n) is 3.61. The highest BCUT2D eigenvalue weighted by Gasteiger charge is 2.36. The Hall–Kier alpha value is -0.990. The minimum atomic E-state index is 0.659. The normalized spacial score (nSPS) is 27.5. The van der Waals surface area contributed by atoms with Gasteiger partial charge in [0.25, 0.3) is 0 Å². The van der Waals surface area contributed by atoms with Crippen LogP contribution >= 0.6 is 0 Å². The molecule has 12 heavy (non-hydrogen) atoms. The van der Waals surface area contributed by atoms with Gasteiger partial charge in [0.05, 0.1) is 6.20 Å². The van der Waals surface area contributed by atoms with Crippen LogP contribution in [0.3, 0.4) is 0 Å². The zero-order valence-corrected chi connectivity index (χ0v) is 7.62. The molecule has 0 aromatic carbocycles. The van der Waals surface area contributed by atoms with Crippen LogP contribution in [-0.2, 0) is 6.54 Å². The van der Waals surface area contributed by atoms with Crippen molar-refractivity contribution < 1.29 is 0 Å². The predicted molar refractivity (Wildman–Crippen MR) is 48.8 cm³/mol. The highest BCUT2D eigenvalue weighted by atomic mass is 15.2. The highest BCUT2D eigenvalue weighted by molar-refractivity contribution is 5.27. The summed E-state index contributed by atoms with van der Waals surface area (Å²) in [5, 5.41) is 0. The van der Waals surface area contributed by atoms with Crippen LogP contribution in [0.2, 0.25) is 0 Å². The lowest BCUT2D eigenvalue weighted by molar-refractivity contribution is 0.710. The van der Waals surface area contributed by atoms with E-state index in [-0.39, 0.29) is 0 Å². The second-order valence-corrected chi connectivity index (χ2v) is 3.61. The smallest absolute Gasteiger partial charge is 0.200 e. The first-order chi connectivity index (χ1) is 5.74. The van der Waals surface area contributed by atoms with Gasteiger partial charge in [-0.05, 0) is 19.3 Å². The first kappa shape index (κ1) is 7.65. The van der Waals surface area contributed by atoms with Crippen LogP contribution in [-0.4, -0.2) is 9.55 Å². The number of anilines is 1. The van der Waals surface area contributed by atoms with E-state index in [1.54, 1.807) is 0 Å². The summed E-state index contributed by atoms with van der Waals surface area (Å²) < 4.78 is 2.11. The standard InChI is InChI=1S/C9H15N3/c1-3-12-8(5-11-9(12)10)7-4-6(7)2/h5-7H,3-4H2,1-2H3,(H2,10,11). The Morgan fingerprint density at radius 1 is 1.75 bits per heavy atom. The number of nitrogens with zero attached hydrogens (tertiary/aromatic N) is 2. The van der Waals surface area contributed by atoms with E-state index in [0.717, 1.165) is 18.4 Å². The molecule has 0 amide bonds. The van der Waals surface area contributed by atoms with E-state index < -0.39 is 0 Å². The Labute approximate surface area is 72.6 Å². The number of nitrogen functional groups attached to an aromatic ring is 1.